The second-order valence-electron chi connectivity index (χ2n) is 6.60. The first-order chi connectivity index (χ1) is 11.5. The number of nitrogens with zero attached hydrogens (tertiary/aromatic N) is 1. The number of aryl methyl sites for hydroxylation is 1. The number of H-pyrrole nitrogens is 1. The van der Waals surface area contributed by atoms with E-state index in [1.54, 1.807) is 6.92 Å². The minimum atomic E-state index is -0.575. The summed E-state index contributed by atoms with van der Waals surface area (Å²) in [6, 6.07) is 0.0314. The van der Waals surface area contributed by atoms with Crippen LogP contribution in [0.4, 0.5) is 0 Å². The summed E-state index contributed by atoms with van der Waals surface area (Å²) in [5.41, 5.74) is -0.800. The minimum Gasteiger partial charge on any atom is -0.381 e. The minimum absolute atomic E-state index is 0.0314. The van der Waals surface area contributed by atoms with E-state index in [0.717, 1.165) is 25.7 Å². The number of nitrogens with one attached hydrogen (secondary N) is 2. The molecule has 2 aliphatic rings. The van der Waals surface area contributed by atoms with Gasteiger partial charge in [0.1, 0.15) is 6.54 Å². The van der Waals surface area contributed by atoms with Gasteiger partial charge in [-0.15, -0.1) is 0 Å². The van der Waals surface area contributed by atoms with Gasteiger partial charge in [-0.1, -0.05) is 0 Å². The molecule has 24 heavy (non-hydrogen) atoms. The summed E-state index contributed by atoms with van der Waals surface area (Å²) in [6.45, 7) is 3.48. The van der Waals surface area contributed by atoms with Crippen molar-refractivity contribution in [2.45, 2.75) is 50.8 Å². The Morgan fingerprint density at radius 2 is 2.12 bits per heavy atom. The molecular weight excluding hydrogens is 314 g/mol. The average molecular weight is 337 g/mol. The molecule has 1 unspecified atom stereocenters. The lowest BCUT2D eigenvalue weighted by molar-refractivity contribution is -0.144. The van der Waals surface area contributed by atoms with E-state index in [0.29, 0.717) is 25.4 Å². The van der Waals surface area contributed by atoms with Crippen molar-refractivity contribution in [1.82, 2.24) is 14.9 Å². The van der Waals surface area contributed by atoms with Crippen LogP contribution in [0.2, 0.25) is 0 Å². The summed E-state index contributed by atoms with van der Waals surface area (Å²) in [7, 11) is 0. The van der Waals surface area contributed by atoms with Crippen LogP contribution in [0.3, 0.4) is 0 Å². The van der Waals surface area contributed by atoms with Gasteiger partial charge >= 0.3 is 5.69 Å². The predicted octanol–water partition coefficient (Wildman–Crippen LogP) is -0.311. The zero-order chi connectivity index (χ0) is 17.2. The van der Waals surface area contributed by atoms with Crippen LogP contribution in [0.15, 0.2) is 15.8 Å². The number of aromatic nitrogens is 2. The second-order valence-corrected chi connectivity index (χ2v) is 6.60. The maximum absolute atomic E-state index is 12.3. The molecule has 0 aliphatic carbocycles. The Hall–Kier alpha value is -1.93. The van der Waals surface area contributed by atoms with Gasteiger partial charge in [-0.05, 0) is 32.6 Å². The Kier molecular flexibility index (Phi) is 4.86. The molecule has 2 N–H and O–H groups in total. The van der Waals surface area contributed by atoms with Crippen molar-refractivity contribution >= 4 is 5.91 Å². The molecule has 1 atom stereocenters. The van der Waals surface area contributed by atoms with Gasteiger partial charge in [-0.2, -0.15) is 0 Å². The van der Waals surface area contributed by atoms with Crippen LogP contribution in [0.25, 0.3) is 0 Å². The fourth-order valence-corrected chi connectivity index (χ4v) is 3.41. The first-order valence-corrected chi connectivity index (χ1v) is 8.29. The van der Waals surface area contributed by atoms with Gasteiger partial charge in [0.25, 0.3) is 5.56 Å². The average Bonchev–Trinajstić information content (AvgIpc) is 2.53. The molecule has 3 rings (SSSR count). The number of rotatable bonds is 3. The van der Waals surface area contributed by atoms with Crippen molar-refractivity contribution in [3.63, 3.8) is 0 Å². The Balaban J connectivity index is 1.61. The van der Waals surface area contributed by atoms with Crippen LogP contribution >= 0.6 is 0 Å². The Morgan fingerprint density at radius 3 is 2.88 bits per heavy atom. The maximum Gasteiger partial charge on any atom is 0.328 e. The molecule has 2 aliphatic heterocycles. The van der Waals surface area contributed by atoms with Crippen LogP contribution in [-0.2, 0) is 20.8 Å². The monoisotopic (exact) mass is 337 g/mol. The number of hydrogen-bond donors (Lipinski definition) is 2. The number of amides is 1. The summed E-state index contributed by atoms with van der Waals surface area (Å²) >= 11 is 0. The lowest BCUT2D eigenvalue weighted by Gasteiger charge is -2.43. The van der Waals surface area contributed by atoms with Gasteiger partial charge in [0.2, 0.25) is 5.91 Å². The van der Waals surface area contributed by atoms with Gasteiger partial charge in [0.15, 0.2) is 0 Å². The Morgan fingerprint density at radius 1 is 1.38 bits per heavy atom. The van der Waals surface area contributed by atoms with Gasteiger partial charge in [0.05, 0.1) is 5.60 Å². The van der Waals surface area contributed by atoms with Crippen molar-refractivity contribution in [3.05, 3.63) is 32.6 Å². The van der Waals surface area contributed by atoms with Crippen LogP contribution in [0.5, 0.6) is 0 Å². The van der Waals surface area contributed by atoms with Crippen molar-refractivity contribution < 1.29 is 14.3 Å². The number of hydrogen-bond acceptors (Lipinski definition) is 5. The fourth-order valence-electron chi connectivity index (χ4n) is 3.41. The van der Waals surface area contributed by atoms with Crippen LogP contribution < -0.4 is 16.6 Å². The van der Waals surface area contributed by atoms with Crippen LogP contribution in [-0.4, -0.2) is 46.9 Å². The first-order valence-electron chi connectivity index (χ1n) is 8.29. The molecule has 2 fully saturated rings. The molecule has 3 heterocycles. The van der Waals surface area contributed by atoms with E-state index in [1.165, 1.54) is 10.8 Å². The Bertz CT molecular complexity index is 712. The van der Waals surface area contributed by atoms with Gasteiger partial charge in [-0.25, -0.2) is 4.79 Å². The second kappa shape index (κ2) is 6.90. The van der Waals surface area contributed by atoms with E-state index in [9.17, 15) is 14.4 Å². The smallest absolute Gasteiger partial charge is 0.328 e. The highest BCUT2D eigenvalue weighted by molar-refractivity contribution is 5.76. The molecule has 1 amide bonds. The zero-order valence-electron chi connectivity index (χ0n) is 13.8. The van der Waals surface area contributed by atoms with E-state index < -0.39 is 11.2 Å². The largest absolute Gasteiger partial charge is 0.381 e. The normalized spacial score (nSPS) is 23.1. The number of ether oxygens (including phenoxy) is 2. The lowest BCUT2D eigenvalue weighted by Crippen LogP contribution is -2.51. The van der Waals surface area contributed by atoms with Crippen LogP contribution in [0, 0.1) is 6.92 Å². The fraction of sp³-hybridized carbons (Fsp3) is 0.688. The molecule has 0 saturated carbocycles. The number of carbonyl (C=O) groups is 1. The van der Waals surface area contributed by atoms with Crippen LogP contribution in [0.1, 0.15) is 31.2 Å². The van der Waals surface area contributed by atoms with Crippen molar-refractivity contribution in [2.24, 2.45) is 0 Å². The number of carbonyl (C=O) groups excluding carboxylic acids is 1. The molecule has 8 nitrogen and oxygen atoms in total. The maximum atomic E-state index is 12.3. The molecular formula is C16H23N3O5. The first kappa shape index (κ1) is 16.9. The molecule has 132 valence electrons. The lowest BCUT2D eigenvalue weighted by atomic mass is 9.84. The topological polar surface area (TPSA) is 102 Å². The van der Waals surface area contributed by atoms with Gasteiger partial charge < -0.3 is 14.8 Å². The quantitative estimate of drug-likeness (QED) is 0.788. The highest BCUT2D eigenvalue weighted by Crippen LogP contribution is 2.34. The van der Waals surface area contributed by atoms with Gasteiger partial charge in [-0.3, -0.25) is 19.1 Å². The molecule has 1 spiro atoms. The van der Waals surface area contributed by atoms with Crippen molar-refractivity contribution in [1.29, 1.82) is 0 Å². The molecule has 2 saturated heterocycles. The predicted molar refractivity (Wildman–Crippen MR) is 86.0 cm³/mol. The summed E-state index contributed by atoms with van der Waals surface area (Å²) in [5, 5.41) is 2.99. The Labute approximate surface area is 139 Å². The number of aromatic amines is 1. The highest BCUT2D eigenvalue weighted by atomic mass is 16.5. The van der Waals surface area contributed by atoms with E-state index in [1.807, 2.05) is 0 Å². The summed E-state index contributed by atoms with van der Waals surface area (Å²) in [4.78, 5) is 37.6. The van der Waals surface area contributed by atoms with E-state index in [-0.39, 0.29) is 24.1 Å². The summed E-state index contributed by atoms with van der Waals surface area (Å²) in [5.74, 6) is -0.238. The summed E-state index contributed by atoms with van der Waals surface area (Å²) < 4.78 is 12.6. The third-order valence-corrected chi connectivity index (χ3v) is 4.77. The molecule has 1 aromatic heterocycles. The van der Waals surface area contributed by atoms with E-state index in [2.05, 4.69) is 10.3 Å². The zero-order valence-corrected chi connectivity index (χ0v) is 13.8. The van der Waals surface area contributed by atoms with Crippen molar-refractivity contribution in [3.8, 4) is 0 Å². The molecule has 0 aromatic carbocycles. The molecule has 8 heteroatoms. The standard InChI is InChI=1S/C16H23N3O5/c1-11-9-19(15(22)18-14(11)21)10-13(20)17-12-2-5-24-16(8-12)3-6-23-7-4-16/h9,12H,2-8,10H2,1H3,(H,17,20)(H,18,21,22). The third kappa shape index (κ3) is 3.76. The molecule has 0 bridgehead atoms. The van der Waals surface area contributed by atoms with Gasteiger partial charge in [0, 0.05) is 37.6 Å². The van der Waals surface area contributed by atoms with E-state index >= 15 is 0 Å². The third-order valence-electron chi connectivity index (χ3n) is 4.77. The molecule has 1 aromatic rings. The summed E-state index contributed by atoms with van der Waals surface area (Å²) in [6.07, 6.45) is 4.62. The van der Waals surface area contributed by atoms with E-state index in [4.69, 9.17) is 9.47 Å². The SMILES string of the molecule is Cc1cn(CC(=O)NC2CCOC3(CCOCC3)C2)c(=O)[nH]c1=O. The van der Waals surface area contributed by atoms with Crippen molar-refractivity contribution in [2.75, 3.05) is 19.8 Å². The molecule has 0 radical (unpaired) electrons. The highest BCUT2D eigenvalue weighted by Gasteiger charge is 2.39.